The van der Waals surface area contributed by atoms with E-state index in [1.165, 1.54) is 0 Å². The Balaban J connectivity index is 2.13. The van der Waals surface area contributed by atoms with Crippen LogP contribution in [0.2, 0.25) is 0 Å². The number of nitrogens with zero attached hydrogens (tertiary/aromatic N) is 3. The Morgan fingerprint density at radius 1 is 1.40 bits per heavy atom. The lowest BCUT2D eigenvalue weighted by Gasteiger charge is -2.29. The lowest BCUT2D eigenvalue weighted by molar-refractivity contribution is -0.0694. The first-order valence-corrected chi connectivity index (χ1v) is 7.07. The van der Waals surface area contributed by atoms with Crippen LogP contribution in [0.1, 0.15) is 32.2 Å². The van der Waals surface area contributed by atoms with Crippen LogP contribution < -0.4 is 0 Å². The summed E-state index contributed by atoms with van der Waals surface area (Å²) in [4.78, 5) is 4.22. The van der Waals surface area contributed by atoms with Crippen LogP contribution in [-0.2, 0) is 10.3 Å². The molecule has 108 valence electrons. The van der Waals surface area contributed by atoms with Gasteiger partial charge in [0.15, 0.2) is 0 Å². The third-order valence-electron chi connectivity index (χ3n) is 4.97. The summed E-state index contributed by atoms with van der Waals surface area (Å²) in [6, 6.07) is 4.09. The summed E-state index contributed by atoms with van der Waals surface area (Å²) in [6.07, 6.45) is 1.45. The molecule has 0 spiro atoms. The summed E-state index contributed by atoms with van der Waals surface area (Å²) in [5, 5.41) is 13.8. The molecule has 1 aliphatic rings. The molecule has 0 aliphatic carbocycles. The number of hydrogen-bond acceptors (Lipinski definition) is 4. The molecule has 20 heavy (non-hydrogen) atoms. The molecule has 0 bridgehead atoms. The molecular weight excluding hydrogens is 254 g/mol. The lowest BCUT2D eigenvalue weighted by atomic mass is 9.81. The minimum atomic E-state index is -0.444. The van der Waals surface area contributed by atoms with Crippen molar-refractivity contribution in [3.05, 3.63) is 29.8 Å². The average Bonchev–Trinajstić information content (AvgIpc) is 2.96. The number of ether oxygens (including phenoxy) is 1. The Bertz CT molecular complexity index is 639. The van der Waals surface area contributed by atoms with E-state index in [1.807, 2.05) is 17.5 Å². The molecule has 1 aliphatic heterocycles. The van der Waals surface area contributed by atoms with E-state index in [0.29, 0.717) is 11.8 Å². The molecule has 3 heterocycles. The Kier molecular flexibility index (Phi) is 3.06. The van der Waals surface area contributed by atoms with E-state index in [9.17, 15) is 5.11 Å². The average molecular weight is 275 g/mol. The number of hydrogen-bond donors (Lipinski definition) is 1. The molecule has 2 aromatic rings. The predicted molar refractivity (Wildman–Crippen MR) is 75.4 cm³/mol. The summed E-state index contributed by atoms with van der Waals surface area (Å²) < 4.78 is 8.09. The minimum Gasteiger partial charge on any atom is -0.394 e. The van der Waals surface area contributed by atoms with Crippen molar-refractivity contribution in [2.75, 3.05) is 6.61 Å². The van der Waals surface area contributed by atoms with Crippen LogP contribution in [0.15, 0.2) is 18.5 Å². The van der Waals surface area contributed by atoms with Crippen molar-refractivity contribution in [3.8, 4) is 0 Å². The maximum absolute atomic E-state index is 9.48. The molecule has 0 amide bonds. The van der Waals surface area contributed by atoms with E-state index >= 15 is 0 Å². The van der Waals surface area contributed by atoms with Crippen molar-refractivity contribution < 1.29 is 9.84 Å². The van der Waals surface area contributed by atoms with E-state index in [0.717, 1.165) is 16.9 Å². The monoisotopic (exact) mass is 275 g/mol. The van der Waals surface area contributed by atoms with Crippen LogP contribution in [0.5, 0.6) is 0 Å². The quantitative estimate of drug-likeness (QED) is 0.909. The lowest BCUT2D eigenvalue weighted by Crippen LogP contribution is -2.30. The SMILES string of the molecule is Cc1ncnn2c([C@]3(C)O[C@H](CO)[C@@H](C)[C@H]3C)ccc12. The first kappa shape index (κ1) is 13.5. The van der Waals surface area contributed by atoms with Crippen LogP contribution in [0.25, 0.3) is 5.52 Å². The number of aromatic nitrogens is 3. The van der Waals surface area contributed by atoms with Gasteiger partial charge in [-0.1, -0.05) is 13.8 Å². The fourth-order valence-electron chi connectivity index (χ4n) is 3.28. The molecule has 5 nitrogen and oxygen atoms in total. The van der Waals surface area contributed by atoms with Crippen LogP contribution in [0.4, 0.5) is 0 Å². The Hall–Kier alpha value is -1.46. The molecule has 3 rings (SSSR count). The highest BCUT2D eigenvalue weighted by atomic mass is 16.5. The zero-order valence-corrected chi connectivity index (χ0v) is 12.4. The molecule has 5 heteroatoms. The number of rotatable bonds is 2. The zero-order chi connectivity index (χ0) is 14.5. The summed E-state index contributed by atoms with van der Waals surface area (Å²) in [5.74, 6) is 0.603. The molecule has 0 radical (unpaired) electrons. The molecule has 0 saturated carbocycles. The standard InChI is InChI=1S/C15H21N3O2/c1-9-10(2)15(4,20-13(9)7-19)14-6-5-12-11(3)16-8-17-18(12)14/h5-6,8-10,13,19H,7H2,1-4H3/t9-,10+,13+,15+/m0/s1. The fraction of sp³-hybridized carbons (Fsp3) is 0.600. The first-order chi connectivity index (χ1) is 9.49. The van der Waals surface area contributed by atoms with Crippen molar-refractivity contribution in [1.82, 2.24) is 14.6 Å². The second-order valence-corrected chi connectivity index (χ2v) is 5.95. The van der Waals surface area contributed by atoms with Gasteiger partial charge in [-0.05, 0) is 37.8 Å². The minimum absolute atomic E-state index is 0.0540. The van der Waals surface area contributed by atoms with Gasteiger partial charge in [-0.15, -0.1) is 0 Å². The summed E-state index contributed by atoms with van der Waals surface area (Å²) in [7, 11) is 0. The highest BCUT2D eigenvalue weighted by Crippen LogP contribution is 2.46. The molecule has 0 aromatic carbocycles. The van der Waals surface area contributed by atoms with Gasteiger partial charge in [-0.3, -0.25) is 0 Å². The largest absolute Gasteiger partial charge is 0.394 e. The third-order valence-corrected chi connectivity index (χ3v) is 4.97. The van der Waals surface area contributed by atoms with E-state index in [2.05, 4.69) is 36.9 Å². The Labute approximate surface area is 118 Å². The van der Waals surface area contributed by atoms with Crippen LogP contribution in [0.3, 0.4) is 0 Å². The molecule has 0 unspecified atom stereocenters. The summed E-state index contributed by atoms with van der Waals surface area (Å²) in [6.45, 7) is 8.42. The highest BCUT2D eigenvalue weighted by molar-refractivity contribution is 5.53. The van der Waals surface area contributed by atoms with Gasteiger partial charge < -0.3 is 9.84 Å². The van der Waals surface area contributed by atoms with E-state index in [1.54, 1.807) is 6.33 Å². The van der Waals surface area contributed by atoms with Crippen LogP contribution >= 0.6 is 0 Å². The topological polar surface area (TPSA) is 59.7 Å². The number of aliphatic hydroxyl groups excluding tert-OH is 1. The van der Waals surface area contributed by atoms with E-state index in [4.69, 9.17) is 4.74 Å². The first-order valence-electron chi connectivity index (χ1n) is 7.07. The number of aryl methyl sites for hydroxylation is 1. The fourth-order valence-corrected chi connectivity index (χ4v) is 3.28. The van der Waals surface area contributed by atoms with Crippen molar-refractivity contribution >= 4 is 5.52 Å². The van der Waals surface area contributed by atoms with Gasteiger partial charge in [0.05, 0.1) is 29.6 Å². The normalized spacial score (nSPS) is 34.0. The molecule has 1 saturated heterocycles. The van der Waals surface area contributed by atoms with E-state index < -0.39 is 5.60 Å². The van der Waals surface area contributed by atoms with Crippen LogP contribution in [-0.4, -0.2) is 32.4 Å². The van der Waals surface area contributed by atoms with Gasteiger partial charge in [0, 0.05) is 0 Å². The molecule has 1 fully saturated rings. The zero-order valence-electron chi connectivity index (χ0n) is 12.4. The van der Waals surface area contributed by atoms with Gasteiger partial charge in [0.2, 0.25) is 0 Å². The third kappa shape index (κ3) is 1.70. The van der Waals surface area contributed by atoms with Gasteiger partial charge in [-0.25, -0.2) is 9.50 Å². The van der Waals surface area contributed by atoms with E-state index in [-0.39, 0.29) is 12.7 Å². The molecular formula is C15H21N3O2. The number of fused-ring (bicyclic) bond motifs is 1. The Morgan fingerprint density at radius 3 is 2.80 bits per heavy atom. The number of aliphatic hydroxyl groups is 1. The summed E-state index contributed by atoms with van der Waals surface area (Å²) in [5.41, 5.74) is 2.53. The van der Waals surface area contributed by atoms with Crippen molar-refractivity contribution in [3.63, 3.8) is 0 Å². The maximum atomic E-state index is 9.48. The van der Waals surface area contributed by atoms with Crippen molar-refractivity contribution in [1.29, 1.82) is 0 Å². The molecule has 4 atom stereocenters. The maximum Gasteiger partial charge on any atom is 0.136 e. The van der Waals surface area contributed by atoms with Crippen molar-refractivity contribution in [2.45, 2.75) is 39.4 Å². The highest BCUT2D eigenvalue weighted by Gasteiger charge is 2.49. The van der Waals surface area contributed by atoms with Crippen molar-refractivity contribution in [2.24, 2.45) is 11.8 Å². The van der Waals surface area contributed by atoms with Gasteiger partial charge in [0.1, 0.15) is 11.9 Å². The van der Waals surface area contributed by atoms with Gasteiger partial charge in [0.25, 0.3) is 0 Å². The smallest absolute Gasteiger partial charge is 0.136 e. The second kappa shape index (κ2) is 4.53. The van der Waals surface area contributed by atoms with Gasteiger partial charge in [-0.2, -0.15) is 5.10 Å². The summed E-state index contributed by atoms with van der Waals surface area (Å²) >= 11 is 0. The van der Waals surface area contributed by atoms with Crippen LogP contribution in [0, 0.1) is 18.8 Å². The Morgan fingerprint density at radius 2 is 2.15 bits per heavy atom. The molecule has 2 aromatic heterocycles. The van der Waals surface area contributed by atoms with Gasteiger partial charge >= 0.3 is 0 Å². The second-order valence-electron chi connectivity index (χ2n) is 5.95. The predicted octanol–water partition coefficient (Wildman–Crippen LogP) is 1.92. The molecule has 1 N–H and O–H groups in total.